The van der Waals surface area contributed by atoms with Crippen LogP contribution in [0.25, 0.3) is 83.2 Å². The van der Waals surface area contributed by atoms with Gasteiger partial charge in [-0.3, -0.25) is 0 Å². The van der Waals surface area contributed by atoms with Gasteiger partial charge in [-0.2, -0.15) is 0 Å². The maximum Gasteiger partial charge on any atom is 0.144 e. The third-order valence-corrected chi connectivity index (χ3v) is 14.0. The SMILES string of the molecule is CC1CC=Cc2c(oc3ccccc23)C1c1ccc(N(C2=CCC(c3ccc4c(c3)oc3c(-c5ccccc5)c5c(cc34)oc3ccccc35)C=C2)c2ccc(-c3ccccc3)cc2)cc1. The fourth-order valence-corrected chi connectivity index (χ4v) is 10.7. The lowest BCUT2D eigenvalue weighted by atomic mass is 9.83. The lowest BCUT2D eigenvalue weighted by Gasteiger charge is -2.30. The highest BCUT2D eigenvalue weighted by molar-refractivity contribution is 6.23. The summed E-state index contributed by atoms with van der Waals surface area (Å²) in [5, 5.41) is 5.50. The highest BCUT2D eigenvalue weighted by atomic mass is 16.3. The van der Waals surface area contributed by atoms with E-state index in [1.165, 1.54) is 33.2 Å². The molecular formula is C62H45NO3. The number of nitrogens with zero attached hydrogens (tertiary/aromatic N) is 1. The smallest absolute Gasteiger partial charge is 0.144 e. The number of rotatable bonds is 7. The van der Waals surface area contributed by atoms with Crippen LogP contribution in [-0.2, 0) is 0 Å². The molecule has 0 saturated carbocycles. The Labute approximate surface area is 383 Å². The van der Waals surface area contributed by atoms with Crippen molar-refractivity contribution in [2.24, 2.45) is 5.92 Å². The van der Waals surface area contributed by atoms with Crippen LogP contribution < -0.4 is 4.90 Å². The molecule has 0 amide bonds. The Kier molecular flexibility index (Phi) is 9.06. The van der Waals surface area contributed by atoms with Gasteiger partial charge in [0.25, 0.3) is 0 Å². The first-order valence-corrected chi connectivity index (χ1v) is 23.1. The van der Waals surface area contributed by atoms with Crippen LogP contribution in [-0.4, -0.2) is 0 Å². The van der Waals surface area contributed by atoms with Crippen molar-refractivity contribution in [3.8, 4) is 22.3 Å². The van der Waals surface area contributed by atoms with Gasteiger partial charge in [-0.05, 0) is 101 Å². The van der Waals surface area contributed by atoms with Gasteiger partial charge in [-0.15, -0.1) is 0 Å². The third kappa shape index (κ3) is 6.35. The van der Waals surface area contributed by atoms with E-state index in [4.69, 9.17) is 13.3 Å². The van der Waals surface area contributed by atoms with E-state index >= 15 is 0 Å². The molecule has 2 aliphatic carbocycles. The minimum absolute atomic E-state index is 0.143. The molecule has 0 spiro atoms. The van der Waals surface area contributed by atoms with Gasteiger partial charge in [0.15, 0.2) is 0 Å². The molecule has 0 saturated heterocycles. The predicted molar refractivity (Wildman–Crippen MR) is 272 cm³/mol. The van der Waals surface area contributed by atoms with Crippen molar-refractivity contribution < 1.29 is 13.3 Å². The monoisotopic (exact) mass is 851 g/mol. The summed E-state index contributed by atoms with van der Waals surface area (Å²) in [6.07, 6.45) is 13.5. The molecule has 3 heterocycles. The maximum absolute atomic E-state index is 6.92. The van der Waals surface area contributed by atoms with Gasteiger partial charge in [0.2, 0.25) is 0 Å². The lowest BCUT2D eigenvalue weighted by molar-refractivity contribution is 0.434. The first-order chi connectivity index (χ1) is 32.6. The summed E-state index contributed by atoms with van der Waals surface area (Å²) in [5.41, 5.74) is 16.1. The first kappa shape index (κ1) is 38.4. The van der Waals surface area contributed by atoms with Crippen LogP contribution in [0.5, 0.6) is 0 Å². The standard InChI is InChI=1S/C62H45NO3/c1-39-13-12-20-51-49-18-8-10-21-54(49)65-61(51)58(39)44-27-34-48(35-28-44)63(46-30-23-41(24-31-46)40-14-4-2-5-15-40)47-32-25-42(26-33-47)45-29-36-50-53-38-57-60(52-19-9-11-22-55(52)64-57)59(43-16-6-3-7-17-43)62(53)66-56(50)37-45/h2-12,14-25,27-39,42,58H,13,26H2,1H3. The van der Waals surface area contributed by atoms with Crippen LogP contribution in [0.2, 0.25) is 0 Å². The Hall–Kier alpha value is -8.08. The largest absolute Gasteiger partial charge is 0.460 e. The summed E-state index contributed by atoms with van der Waals surface area (Å²) >= 11 is 0. The zero-order valence-corrected chi connectivity index (χ0v) is 36.5. The van der Waals surface area contributed by atoms with E-state index < -0.39 is 0 Å². The van der Waals surface area contributed by atoms with Crippen LogP contribution in [0.3, 0.4) is 0 Å². The van der Waals surface area contributed by atoms with E-state index in [9.17, 15) is 0 Å². The molecular weight excluding hydrogens is 807 g/mol. The predicted octanol–water partition coefficient (Wildman–Crippen LogP) is 17.5. The summed E-state index contributed by atoms with van der Waals surface area (Å²) in [4.78, 5) is 2.39. The fraction of sp³-hybridized carbons (Fsp3) is 0.0968. The average molecular weight is 852 g/mol. The second-order valence-corrected chi connectivity index (χ2v) is 18.0. The molecule has 3 aromatic heterocycles. The number of furan rings is 3. The summed E-state index contributed by atoms with van der Waals surface area (Å²) in [7, 11) is 0. The van der Waals surface area contributed by atoms with Gasteiger partial charge in [0.1, 0.15) is 33.7 Å². The molecule has 0 N–H and O–H groups in total. The number of hydrogen-bond donors (Lipinski definition) is 0. The van der Waals surface area contributed by atoms with Gasteiger partial charge in [0.05, 0.1) is 0 Å². The summed E-state index contributed by atoms with van der Waals surface area (Å²) < 4.78 is 20.0. The van der Waals surface area contributed by atoms with E-state index in [-0.39, 0.29) is 11.8 Å². The van der Waals surface area contributed by atoms with Gasteiger partial charge in [0, 0.05) is 67.0 Å². The molecule has 3 unspecified atom stereocenters. The number of fused-ring (bicyclic) bond motifs is 9. The van der Waals surface area contributed by atoms with Crippen molar-refractivity contribution in [2.45, 2.75) is 31.6 Å². The number of anilines is 2. The van der Waals surface area contributed by atoms with Crippen molar-refractivity contribution in [3.63, 3.8) is 0 Å². The molecule has 13 rings (SSSR count). The molecule has 0 fully saturated rings. The van der Waals surface area contributed by atoms with E-state index in [1.807, 2.05) is 12.1 Å². The molecule has 4 nitrogen and oxygen atoms in total. The van der Waals surface area contributed by atoms with E-state index in [0.29, 0.717) is 5.92 Å². The Bertz CT molecular complexity index is 3710. The maximum atomic E-state index is 6.92. The molecule has 11 aromatic rings. The van der Waals surface area contributed by atoms with Crippen molar-refractivity contribution in [1.29, 1.82) is 0 Å². The summed E-state index contributed by atoms with van der Waals surface area (Å²) in [6, 6.07) is 64.9. The molecule has 3 atom stereocenters. The Balaban J connectivity index is 0.855. The highest BCUT2D eigenvalue weighted by Crippen LogP contribution is 2.47. The quantitative estimate of drug-likeness (QED) is 0.160. The molecule has 66 heavy (non-hydrogen) atoms. The van der Waals surface area contributed by atoms with Crippen molar-refractivity contribution in [2.75, 3.05) is 4.90 Å². The zero-order chi connectivity index (χ0) is 43.7. The van der Waals surface area contributed by atoms with E-state index in [2.05, 4.69) is 212 Å². The summed E-state index contributed by atoms with van der Waals surface area (Å²) in [5.74, 6) is 1.77. The topological polar surface area (TPSA) is 42.7 Å². The number of hydrogen-bond acceptors (Lipinski definition) is 4. The van der Waals surface area contributed by atoms with Crippen LogP contribution in [0, 0.1) is 5.92 Å². The van der Waals surface area contributed by atoms with Gasteiger partial charge < -0.3 is 18.2 Å². The van der Waals surface area contributed by atoms with Crippen molar-refractivity contribution >= 4 is 72.3 Å². The molecule has 4 heteroatoms. The third-order valence-electron chi connectivity index (χ3n) is 14.0. The molecule has 0 bridgehead atoms. The minimum atomic E-state index is 0.143. The number of benzene rings is 8. The molecule has 0 aliphatic heterocycles. The zero-order valence-electron chi connectivity index (χ0n) is 36.5. The molecule has 316 valence electrons. The van der Waals surface area contributed by atoms with Gasteiger partial charge in [-0.1, -0.05) is 165 Å². The fourth-order valence-electron chi connectivity index (χ4n) is 10.7. The number of allylic oxidation sites excluding steroid dienone is 4. The van der Waals surface area contributed by atoms with Crippen molar-refractivity contribution in [1.82, 2.24) is 0 Å². The second-order valence-electron chi connectivity index (χ2n) is 18.0. The van der Waals surface area contributed by atoms with E-state index in [1.54, 1.807) is 0 Å². The van der Waals surface area contributed by atoms with Gasteiger partial charge in [-0.25, -0.2) is 0 Å². The second kappa shape index (κ2) is 15.6. The molecule has 8 aromatic carbocycles. The highest BCUT2D eigenvalue weighted by Gasteiger charge is 2.30. The Morgan fingerprint density at radius 3 is 1.88 bits per heavy atom. The van der Waals surface area contributed by atoms with Crippen LogP contribution >= 0.6 is 0 Å². The number of para-hydroxylation sites is 2. The normalized spacial score (nSPS) is 17.2. The van der Waals surface area contributed by atoms with Crippen LogP contribution in [0.1, 0.15) is 54.1 Å². The average Bonchev–Trinajstić information content (AvgIpc) is 4.02. The summed E-state index contributed by atoms with van der Waals surface area (Å²) in [6.45, 7) is 2.34. The van der Waals surface area contributed by atoms with Crippen LogP contribution in [0.4, 0.5) is 11.4 Å². The minimum Gasteiger partial charge on any atom is -0.460 e. The van der Waals surface area contributed by atoms with Gasteiger partial charge >= 0.3 is 0 Å². The molecule has 0 radical (unpaired) electrons. The van der Waals surface area contributed by atoms with Crippen LogP contribution in [0.15, 0.2) is 225 Å². The van der Waals surface area contributed by atoms with Crippen molar-refractivity contribution in [3.05, 3.63) is 234 Å². The lowest BCUT2D eigenvalue weighted by Crippen LogP contribution is -2.17. The first-order valence-electron chi connectivity index (χ1n) is 23.1. The Morgan fingerprint density at radius 1 is 0.485 bits per heavy atom. The Morgan fingerprint density at radius 2 is 1.14 bits per heavy atom. The molecule has 2 aliphatic rings. The van der Waals surface area contributed by atoms with E-state index in [0.717, 1.165) is 96.3 Å².